The van der Waals surface area contributed by atoms with E-state index in [1.807, 2.05) is 0 Å². The Morgan fingerprint density at radius 1 is 0.520 bits per heavy atom. The number of unbranched alkanes of at least 4 members (excludes halogenated alkanes) is 1. The average molecular weight is 1440 g/mol. The lowest BCUT2D eigenvalue weighted by atomic mass is 9.97. The maximum absolute atomic E-state index is 15.0. The van der Waals surface area contributed by atoms with E-state index in [1.165, 1.54) is 14.7 Å². The van der Waals surface area contributed by atoms with Crippen LogP contribution >= 0.6 is 25.3 Å². The van der Waals surface area contributed by atoms with E-state index in [2.05, 4.69) is 78.1 Å². The summed E-state index contributed by atoms with van der Waals surface area (Å²) >= 11 is 8.70. The van der Waals surface area contributed by atoms with Crippen molar-refractivity contribution in [1.82, 2.24) is 67.5 Å². The maximum Gasteiger partial charge on any atom is 0.305 e. The minimum Gasteiger partial charge on any atom is -0.481 e. The van der Waals surface area contributed by atoms with Crippen molar-refractivity contribution in [3.63, 3.8) is 0 Å². The van der Waals surface area contributed by atoms with Gasteiger partial charge in [0.2, 0.25) is 76.8 Å². The van der Waals surface area contributed by atoms with Crippen LogP contribution in [0.4, 0.5) is 0 Å². The first-order valence-electron chi connectivity index (χ1n) is 34.2. The Hall–Kier alpha value is -8.35. The first kappa shape index (κ1) is 80.6. The molecule has 1 aromatic carbocycles. The van der Waals surface area contributed by atoms with Gasteiger partial charge in [0.05, 0.1) is 19.1 Å². The van der Waals surface area contributed by atoms with Crippen molar-refractivity contribution in [3.05, 3.63) is 35.9 Å². The number of aliphatic imine (C=N–C) groups is 1. The summed E-state index contributed by atoms with van der Waals surface area (Å²) < 4.78 is 0. The van der Waals surface area contributed by atoms with Crippen molar-refractivity contribution >= 4 is 114 Å². The number of fused-ring (bicyclic) bond motifs is 4. The fourth-order valence-electron chi connectivity index (χ4n) is 13.0. The van der Waals surface area contributed by atoms with Crippen LogP contribution in [0.15, 0.2) is 35.3 Å². The monoisotopic (exact) mass is 1440 g/mol. The van der Waals surface area contributed by atoms with Gasteiger partial charge in [-0.05, 0) is 108 Å². The number of nitrogens with one attached hydrogen (secondary N) is 9. The van der Waals surface area contributed by atoms with Crippen LogP contribution in [0.1, 0.15) is 123 Å². The molecule has 0 radical (unpaired) electrons. The van der Waals surface area contributed by atoms with Crippen molar-refractivity contribution in [2.45, 2.75) is 208 Å². The standard InChI is InChI=1S/C64H99N17O17S2/c1-4-34(2)49-58(93)75-42(32-99)54(89)71-39(29-36-15-6-5-7-16-36)60(95)80-27-13-21-46(80)62(97)78-25-11-19-44(78)56(91)69-38(18-10-24-68-64(66)67)52(87)74-43(33-100)55(90)77-50(35(3)83)59(94)70-37(17-8-9-23-65)51(86)73-41(31-82)53(88)72-40(30-48(84)85)61(96)81-28-14-22-47(81)63(98)79-26-12-20-45(79)57(92)76-49/h5-7,15-16,34-35,37-47,49-50,82-83,99-100H,4,8-14,17-33,65H2,1-3H3,(H,69,91)(H,70,94)(H,71,89)(H,72,88)(H,73,86)(H,74,87)(H,75,93)(H,76,92)(H,77,90)(H,84,85)(H4,66,67,68)/t34-,35+,37-,38-,39-,40-,41-,42-,43-,44-,45-,46+,47-,49-,50-/m0/s1. The van der Waals surface area contributed by atoms with E-state index in [1.54, 1.807) is 44.2 Å². The molecule has 5 saturated heterocycles. The third-order valence-electron chi connectivity index (χ3n) is 18.7. The summed E-state index contributed by atoms with van der Waals surface area (Å²) in [5, 5.41) is 54.4. The molecule has 36 heteroatoms. The second-order valence-electron chi connectivity index (χ2n) is 25.9. The topological polar surface area (TPSA) is 511 Å². The highest BCUT2D eigenvalue weighted by Gasteiger charge is 2.48. The van der Waals surface area contributed by atoms with Crippen molar-refractivity contribution in [3.8, 4) is 0 Å². The van der Waals surface area contributed by atoms with Gasteiger partial charge in [0.15, 0.2) is 5.96 Å². The Morgan fingerprint density at radius 3 is 1.41 bits per heavy atom. The van der Waals surface area contributed by atoms with E-state index in [4.69, 9.17) is 17.2 Å². The SMILES string of the molecule is CC[C@H](C)[C@@H]1NC(=O)[C@@H]2CCCN2C(=O)[C@@H]2CCCN2C(=O)[C@H](CC(=O)O)NC(=O)[C@H](CO)NC(=O)[C@H](CCCCN)NC(=O)[C@H]([C@@H](C)O)NC(=O)[C@H](CS)NC(=O)[C@H](CCCN=C(N)N)NC(=O)[C@@H]2CCCN2C(=O)[C@H]2CCCN2C(=O)[C@H](Cc2ccccc2)NC(=O)[C@H](CS)NC1=O. The lowest BCUT2D eigenvalue weighted by Crippen LogP contribution is -2.62. The van der Waals surface area contributed by atoms with Gasteiger partial charge in [0.1, 0.15) is 78.5 Å². The zero-order valence-corrected chi connectivity index (χ0v) is 58.4. The van der Waals surface area contributed by atoms with Crippen LogP contribution in [0, 0.1) is 5.92 Å². The van der Waals surface area contributed by atoms with Gasteiger partial charge in [0.25, 0.3) is 0 Å². The zero-order chi connectivity index (χ0) is 73.5. The van der Waals surface area contributed by atoms with Crippen LogP contribution in [0.25, 0.3) is 0 Å². The van der Waals surface area contributed by atoms with E-state index in [0.29, 0.717) is 37.7 Å². The molecule has 0 saturated carbocycles. The Balaban J connectivity index is 1.36. The fourth-order valence-corrected chi connectivity index (χ4v) is 13.5. The van der Waals surface area contributed by atoms with Crippen molar-refractivity contribution in [1.29, 1.82) is 0 Å². The molecule has 100 heavy (non-hydrogen) atoms. The molecule has 15 atom stereocenters. The van der Waals surface area contributed by atoms with Crippen molar-refractivity contribution < 1.29 is 82.4 Å². The Labute approximate surface area is 590 Å². The molecule has 5 aliphatic heterocycles. The number of carbonyl (C=O) groups is 14. The summed E-state index contributed by atoms with van der Waals surface area (Å²) in [5.41, 5.74) is 17.5. The van der Waals surface area contributed by atoms with Crippen LogP contribution < -0.4 is 65.1 Å². The van der Waals surface area contributed by atoms with Gasteiger partial charge in [0, 0.05) is 50.7 Å². The molecule has 13 amide bonds. The van der Waals surface area contributed by atoms with Crippen LogP contribution in [0.5, 0.6) is 0 Å². The molecule has 0 aromatic heterocycles. The summed E-state index contributed by atoms with van der Waals surface area (Å²) in [5.74, 6) is -14.7. The van der Waals surface area contributed by atoms with E-state index in [9.17, 15) is 77.6 Å². The molecular formula is C64H99N17O17S2. The normalized spacial score (nSPS) is 28.7. The first-order valence-corrected chi connectivity index (χ1v) is 35.4. The third kappa shape index (κ3) is 21.8. The number of hydrogen-bond donors (Lipinski definition) is 17. The van der Waals surface area contributed by atoms with Gasteiger partial charge in [-0.2, -0.15) is 25.3 Å². The summed E-state index contributed by atoms with van der Waals surface area (Å²) in [7, 11) is 0. The molecule has 1 aromatic rings. The van der Waals surface area contributed by atoms with Crippen LogP contribution in [0.3, 0.4) is 0 Å². The highest BCUT2D eigenvalue weighted by atomic mass is 32.1. The van der Waals surface area contributed by atoms with Gasteiger partial charge >= 0.3 is 5.97 Å². The maximum atomic E-state index is 15.0. The summed E-state index contributed by atoms with van der Waals surface area (Å²) in [4.78, 5) is 209. The molecule has 0 unspecified atom stereocenters. The molecule has 0 spiro atoms. The number of rotatable bonds is 18. The van der Waals surface area contributed by atoms with Gasteiger partial charge in [-0.15, -0.1) is 0 Å². The zero-order valence-electron chi connectivity index (χ0n) is 56.6. The lowest BCUT2D eigenvalue weighted by molar-refractivity contribution is -0.150. The number of aliphatic hydroxyl groups excluding tert-OH is 2. The second-order valence-corrected chi connectivity index (χ2v) is 26.6. The molecule has 5 heterocycles. The highest BCUT2D eigenvalue weighted by molar-refractivity contribution is 7.80. The van der Waals surface area contributed by atoms with Crippen LogP contribution in [-0.2, 0) is 73.5 Å². The summed E-state index contributed by atoms with van der Waals surface area (Å²) in [6, 6.07) is -10.3. The smallest absolute Gasteiger partial charge is 0.305 e. The Kier molecular flexibility index (Phi) is 31.5. The Bertz CT molecular complexity index is 3130. The average Bonchev–Trinajstić information content (AvgIpc) is 1.63. The summed E-state index contributed by atoms with van der Waals surface area (Å²) in [6.07, 6.45) is -0.409. The van der Waals surface area contributed by atoms with Crippen LogP contribution in [-0.4, -0.2) is 266 Å². The second kappa shape index (κ2) is 39.0. The molecule has 0 aliphatic carbocycles. The number of carboxylic acid groups (broad SMARTS) is 1. The Morgan fingerprint density at radius 2 is 0.920 bits per heavy atom. The lowest BCUT2D eigenvalue weighted by Gasteiger charge is -2.34. The van der Waals surface area contributed by atoms with Gasteiger partial charge < -0.3 is 100.0 Å². The predicted octanol–water partition coefficient (Wildman–Crippen LogP) is -5.49. The molecule has 0 bridgehead atoms. The first-order chi connectivity index (χ1) is 47.7. The third-order valence-corrected chi connectivity index (χ3v) is 19.4. The van der Waals surface area contributed by atoms with Gasteiger partial charge in [-0.25, -0.2) is 0 Å². The molecule has 5 fully saturated rings. The minimum atomic E-state index is -1.91. The molecule has 6 rings (SSSR count). The number of carboxylic acids is 1. The van der Waals surface area contributed by atoms with Gasteiger partial charge in [-0.1, -0.05) is 50.6 Å². The van der Waals surface area contributed by atoms with E-state index in [0.717, 1.165) is 11.8 Å². The van der Waals surface area contributed by atoms with Crippen LogP contribution in [0.2, 0.25) is 0 Å². The quantitative estimate of drug-likeness (QED) is 0.0282. The number of aliphatic carboxylic acids is 1. The largest absolute Gasteiger partial charge is 0.481 e. The number of benzene rings is 1. The fraction of sp³-hybridized carbons (Fsp3) is 0.672. The van der Waals surface area contributed by atoms with Gasteiger partial charge in [-0.3, -0.25) is 72.1 Å². The predicted molar refractivity (Wildman–Crippen MR) is 367 cm³/mol. The highest BCUT2D eigenvalue weighted by Crippen LogP contribution is 2.29. The molecule has 34 nitrogen and oxygen atoms in total. The molecular weight excluding hydrogens is 1340 g/mol. The molecule has 5 aliphatic rings. The number of amides is 13. The summed E-state index contributed by atoms with van der Waals surface area (Å²) in [6.45, 7) is 3.71. The molecule has 554 valence electrons. The van der Waals surface area contributed by atoms with E-state index < -0.39 is 192 Å². The molecule has 18 N–H and O–H groups in total. The number of carbonyl (C=O) groups excluding carboxylic acids is 13. The number of guanidine groups is 1. The number of aliphatic hydroxyl groups is 2. The van der Waals surface area contributed by atoms with E-state index in [-0.39, 0.29) is 115 Å². The number of thiol groups is 2. The number of nitrogens with zero attached hydrogens (tertiary/aromatic N) is 5. The number of hydrogen-bond acceptors (Lipinski definition) is 20. The van der Waals surface area contributed by atoms with E-state index >= 15 is 4.79 Å². The minimum absolute atomic E-state index is 0.00670. The number of nitrogens with two attached hydrogens (primary N) is 3. The van der Waals surface area contributed by atoms with Crippen molar-refractivity contribution in [2.24, 2.45) is 28.1 Å². The van der Waals surface area contributed by atoms with Crippen molar-refractivity contribution in [2.75, 3.05) is 57.4 Å².